The SMILES string of the molecule is N#CC1CCCN1C(=O)c1ccc([N+](=O)[O-])c(F)c1. The Balaban J connectivity index is 2.28. The first-order valence-electron chi connectivity index (χ1n) is 5.69. The highest BCUT2D eigenvalue weighted by Crippen LogP contribution is 2.22. The molecular weight excluding hydrogens is 253 g/mol. The maximum atomic E-state index is 13.4. The van der Waals surface area contributed by atoms with Crippen LogP contribution < -0.4 is 0 Å². The van der Waals surface area contributed by atoms with Crippen LogP contribution >= 0.6 is 0 Å². The van der Waals surface area contributed by atoms with Gasteiger partial charge in [-0.15, -0.1) is 0 Å². The lowest BCUT2D eigenvalue weighted by Gasteiger charge is -2.19. The minimum atomic E-state index is -1.05. The number of likely N-dealkylation sites (tertiary alicyclic amines) is 1. The summed E-state index contributed by atoms with van der Waals surface area (Å²) in [5.74, 6) is -1.53. The van der Waals surface area contributed by atoms with Gasteiger partial charge in [0.2, 0.25) is 5.82 Å². The third-order valence-electron chi connectivity index (χ3n) is 3.05. The summed E-state index contributed by atoms with van der Waals surface area (Å²) in [5.41, 5.74) is -0.653. The van der Waals surface area contributed by atoms with Crippen LogP contribution in [0.4, 0.5) is 10.1 Å². The molecule has 0 radical (unpaired) electrons. The van der Waals surface area contributed by atoms with Crippen molar-refractivity contribution in [3.63, 3.8) is 0 Å². The molecule has 1 amide bonds. The quantitative estimate of drug-likeness (QED) is 0.601. The standard InChI is InChI=1S/C12H10FN3O3/c13-10-6-8(3-4-11(10)16(18)19)12(17)15-5-1-2-9(15)7-14/h3-4,6,9H,1-2,5H2. The molecule has 7 heteroatoms. The molecule has 2 rings (SSSR count). The van der Waals surface area contributed by atoms with Crippen LogP contribution in [0.5, 0.6) is 0 Å². The average Bonchev–Trinajstić information content (AvgIpc) is 2.85. The molecule has 0 aliphatic carbocycles. The molecule has 0 saturated carbocycles. The number of benzene rings is 1. The molecule has 1 saturated heterocycles. The first-order chi connectivity index (χ1) is 9.04. The largest absolute Gasteiger partial charge is 0.323 e. The van der Waals surface area contributed by atoms with E-state index < -0.39 is 28.4 Å². The minimum absolute atomic E-state index is 0.0188. The summed E-state index contributed by atoms with van der Waals surface area (Å²) in [6.07, 6.45) is 1.32. The molecular formula is C12H10FN3O3. The minimum Gasteiger partial charge on any atom is -0.323 e. The summed E-state index contributed by atoms with van der Waals surface area (Å²) in [6, 6.07) is 4.51. The number of nitrogens with zero attached hydrogens (tertiary/aromatic N) is 3. The average molecular weight is 263 g/mol. The van der Waals surface area contributed by atoms with Crippen molar-refractivity contribution in [2.24, 2.45) is 0 Å². The number of nitro groups is 1. The number of carbonyl (C=O) groups excluding carboxylic acids is 1. The van der Waals surface area contributed by atoms with Crippen LogP contribution in [0.1, 0.15) is 23.2 Å². The number of hydrogen-bond acceptors (Lipinski definition) is 4. The second kappa shape index (κ2) is 5.02. The van der Waals surface area contributed by atoms with Gasteiger partial charge in [-0.2, -0.15) is 9.65 Å². The molecule has 0 bridgehead atoms. The van der Waals surface area contributed by atoms with Crippen molar-refractivity contribution in [1.82, 2.24) is 4.90 Å². The summed E-state index contributed by atoms with van der Waals surface area (Å²) in [6.45, 7) is 0.440. The summed E-state index contributed by atoms with van der Waals surface area (Å²) < 4.78 is 13.4. The Morgan fingerprint density at radius 2 is 2.32 bits per heavy atom. The number of hydrogen-bond donors (Lipinski definition) is 0. The van der Waals surface area contributed by atoms with Crippen LogP contribution in [0.2, 0.25) is 0 Å². The number of nitro benzene ring substituents is 1. The van der Waals surface area contributed by atoms with Gasteiger partial charge in [-0.1, -0.05) is 0 Å². The van der Waals surface area contributed by atoms with Crippen LogP contribution in [0.25, 0.3) is 0 Å². The van der Waals surface area contributed by atoms with E-state index in [0.717, 1.165) is 18.6 Å². The fourth-order valence-electron chi connectivity index (χ4n) is 2.10. The molecule has 0 spiro atoms. The molecule has 1 aliphatic heterocycles. The van der Waals surface area contributed by atoms with Crippen molar-refractivity contribution in [3.05, 3.63) is 39.7 Å². The van der Waals surface area contributed by atoms with Gasteiger partial charge in [0, 0.05) is 18.2 Å². The predicted molar refractivity (Wildman–Crippen MR) is 62.7 cm³/mol. The van der Waals surface area contributed by atoms with Gasteiger partial charge in [-0.05, 0) is 25.0 Å². The van der Waals surface area contributed by atoms with Gasteiger partial charge in [0.05, 0.1) is 11.0 Å². The summed E-state index contributed by atoms with van der Waals surface area (Å²) >= 11 is 0. The van der Waals surface area contributed by atoms with Gasteiger partial charge < -0.3 is 4.90 Å². The zero-order valence-corrected chi connectivity index (χ0v) is 9.88. The highest BCUT2D eigenvalue weighted by atomic mass is 19.1. The van der Waals surface area contributed by atoms with E-state index in [1.54, 1.807) is 0 Å². The van der Waals surface area contributed by atoms with E-state index in [-0.39, 0.29) is 5.56 Å². The maximum absolute atomic E-state index is 13.4. The summed E-state index contributed by atoms with van der Waals surface area (Å²) in [5, 5.41) is 19.4. The Morgan fingerprint density at radius 1 is 1.58 bits per heavy atom. The topological polar surface area (TPSA) is 87.2 Å². The maximum Gasteiger partial charge on any atom is 0.304 e. The van der Waals surface area contributed by atoms with Crippen molar-refractivity contribution < 1.29 is 14.1 Å². The number of amides is 1. The van der Waals surface area contributed by atoms with Gasteiger partial charge in [-0.3, -0.25) is 14.9 Å². The highest BCUT2D eigenvalue weighted by molar-refractivity contribution is 5.95. The van der Waals surface area contributed by atoms with Gasteiger partial charge >= 0.3 is 5.69 Å². The number of carbonyl (C=O) groups is 1. The molecule has 1 fully saturated rings. The van der Waals surface area contributed by atoms with Crippen LogP contribution in [0.3, 0.4) is 0 Å². The Bertz CT molecular complexity index is 582. The van der Waals surface area contributed by atoms with Crippen molar-refractivity contribution >= 4 is 11.6 Å². The molecule has 1 aromatic rings. The normalized spacial score (nSPS) is 18.1. The fourth-order valence-corrected chi connectivity index (χ4v) is 2.10. The highest BCUT2D eigenvalue weighted by Gasteiger charge is 2.30. The molecule has 0 N–H and O–H groups in total. The van der Waals surface area contributed by atoms with Crippen molar-refractivity contribution in [2.75, 3.05) is 6.54 Å². The lowest BCUT2D eigenvalue weighted by molar-refractivity contribution is -0.387. The first kappa shape index (κ1) is 13.0. The van der Waals surface area contributed by atoms with Crippen LogP contribution in [0, 0.1) is 27.3 Å². The number of rotatable bonds is 2. The molecule has 6 nitrogen and oxygen atoms in total. The van der Waals surface area contributed by atoms with Crippen molar-refractivity contribution in [1.29, 1.82) is 5.26 Å². The van der Waals surface area contributed by atoms with Crippen LogP contribution in [0.15, 0.2) is 18.2 Å². The lowest BCUT2D eigenvalue weighted by atomic mass is 10.1. The smallest absolute Gasteiger partial charge is 0.304 e. The van der Waals surface area contributed by atoms with E-state index in [4.69, 9.17) is 5.26 Å². The third kappa shape index (κ3) is 2.38. The van der Waals surface area contributed by atoms with Gasteiger partial charge in [0.25, 0.3) is 5.91 Å². The molecule has 19 heavy (non-hydrogen) atoms. The Kier molecular flexibility index (Phi) is 3.42. The van der Waals surface area contributed by atoms with Crippen LogP contribution in [-0.4, -0.2) is 28.3 Å². The zero-order chi connectivity index (χ0) is 14.0. The van der Waals surface area contributed by atoms with E-state index >= 15 is 0 Å². The first-order valence-corrected chi connectivity index (χ1v) is 5.69. The van der Waals surface area contributed by atoms with Crippen LogP contribution in [-0.2, 0) is 0 Å². The molecule has 1 aromatic carbocycles. The Morgan fingerprint density at radius 3 is 2.89 bits per heavy atom. The fraction of sp³-hybridized carbons (Fsp3) is 0.333. The Hall–Kier alpha value is -2.49. The molecule has 1 heterocycles. The second-order valence-corrected chi connectivity index (χ2v) is 4.21. The second-order valence-electron chi connectivity index (χ2n) is 4.21. The number of nitriles is 1. The molecule has 0 aromatic heterocycles. The summed E-state index contributed by atoms with van der Waals surface area (Å²) in [4.78, 5) is 23.1. The lowest BCUT2D eigenvalue weighted by Crippen LogP contribution is -2.34. The predicted octanol–water partition coefficient (Wildman–Crippen LogP) is 1.86. The molecule has 98 valence electrons. The van der Waals surface area contributed by atoms with E-state index in [1.807, 2.05) is 6.07 Å². The zero-order valence-electron chi connectivity index (χ0n) is 9.88. The molecule has 1 aliphatic rings. The van der Waals surface area contributed by atoms with E-state index in [1.165, 1.54) is 11.0 Å². The molecule has 1 atom stereocenters. The molecule has 1 unspecified atom stereocenters. The van der Waals surface area contributed by atoms with E-state index in [2.05, 4.69) is 0 Å². The van der Waals surface area contributed by atoms with Gasteiger partial charge in [0.15, 0.2) is 0 Å². The summed E-state index contributed by atoms with van der Waals surface area (Å²) in [7, 11) is 0. The van der Waals surface area contributed by atoms with Crippen molar-refractivity contribution in [3.8, 4) is 6.07 Å². The van der Waals surface area contributed by atoms with Crippen molar-refractivity contribution in [2.45, 2.75) is 18.9 Å². The van der Waals surface area contributed by atoms with E-state index in [9.17, 15) is 19.3 Å². The Labute approximate surface area is 108 Å². The van der Waals surface area contributed by atoms with Gasteiger partial charge in [0.1, 0.15) is 6.04 Å². The monoisotopic (exact) mass is 263 g/mol. The van der Waals surface area contributed by atoms with Gasteiger partial charge in [-0.25, -0.2) is 0 Å². The van der Waals surface area contributed by atoms with E-state index in [0.29, 0.717) is 13.0 Å². The number of halogens is 1. The third-order valence-corrected chi connectivity index (χ3v) is 3.05.